The highest BCUT2D eigenvalue weighted by Crippen LogP contribution is 2.48. The van der Waals surface area contributed by atoms with Crippen molar-refractivity contribution in [2.75, 3.05) is 0 Å². The highest BCUT2D eigenvalue weighted by molar-refractivity contribution is 6.17. The Morgan fingerprint density at radius 3 is 1.99 bits per heavy atom. The number of rotatable bonds is 7. The Bertz CT molecular complexity index is 3730. The fourth-order valence-corrected chi connectivity index (χ4v) is 12.0. The fraction of sp³-hybridized carbons (Fsp3) is 0.154. The molecule has 3 heteroatoms. The largest absolute Gasteiger partial charge is 0.456 e. The lowest BCUT2D eigenvalue weighted by atomic mass is 9.79. The predicted molar refractivity (Wildman–Crippen MR) is 286 cm³/mol. The average molecular weight is 877 g/mol. The van der Waals surface area contributed by atoms with Gasteiger partial charge >= 0.3 is 0 Å². The summed E-state index contributed by atoms with van der Waals surface area (Å²) in [6.07, 6.45) is 8.87. The van der Waals surface area contributed by atoms with Crippen LogP contribution in [0, 0.1) is 11.8 Å². The molecule has 0 fully saturated rings. The Kier molecular flexibility index (Phi) is 10.0. The lowest BCUT2D eigenvalue weighted by Gasteiger charge is -2.27. The van der Waals surface area contributed by atoms with E-state index in [1.54, 1.807) is 0 Å². The number of fused-ring (bicyclic) bond motifs is 10. The molecule has 68 heavy (non-hydrogen) atoms. The van der Waals surface area contributed by atoms with E-state index in [0.29, 0.717) is 17.8 Å². The van der Waals surface area contributed by atoms with Crippen molar-refractivity contribution in [3.63, 3.8) is 0 Å². The zero-order valence-electron chi connectivity index (χ0n) is 38.4. The molecular formula is C65H52N2O. The Balaban J connectivity index is 0.994. The summed E-state index contributed by atoms with van der Waals surface area (Å²) in [7, 11) is 0. The van der Waals surface area contributed by atoms with Gasteiger partial charge in [-0.2, -0.15) is 0 Å². The topological polar surface area (TPSA) is 30.4 Å². The number of allylic oxidation sites excluding steroid dienone is 1. The first-order chi connectivity index (χ1) is 33.6. The molecule has 1 aliphatic heterocycles. The number of aromatic nitrogens is 1. The molecule has 0 N–H and O–H groups in total. The van der Waals surface area contributed by atoms with E-state index in [9.17, 15) is 0 Å². The van der Waals surface area contributed by atoms with Gasteiger partial charge in [0, 0.05) is 38.7 Å². The first-order valence-electron chi connectivity index (χ1n) is 24.6. The van der Waals surface area contributed by atoms with Crippen LogP contribution in [0.25, 0.3) is 88.2 Å². The van der Waals surface area contributed by atoms with Crippen LogP contribution in [0.4, 0.5) is 0 Å². The molecule has 2 aromatic heterocycles. The summed E-state index contributed by atoms with van der Waals surface area (Å²) in [6, 6.07) is 73.4. The molecule has 3 heterocycles. The summed E-state index contributed by atoms with van der Waals surface area (Å²) < 4.78 is 9.24. The van der Waals surface area contributed by atoms with E-state index < -0.39 is 0 Å². The molecule has 2 aliphatic rings. The molecule has 11 aromatic rings. The van der Waals surface area contributed by atoms with E-state index in [1.165, 1.54) is 84.4 Å². The summed E-state index contributed by atoms with van der Waals surface area (Å²) in [5, 5.41) is 7.17. The van der Waals surface area contributed by atoms with Gasteiger partial charge in [0.25, 0.3) is 0 Å². The molecule has 9 aromatic carbocycles. The molecule has 328 valence electrons. The van der Waals surface area contributed by atoms with Gasteiger partial charge in [0.1, 0.15) is 11.2 Å². The van der Waals surface area contributed by atoms with Crippen LogP contribution in [-0.4, -0.2) is 10.3 Å². The maximum Gasteiger partial charge on any atom is 0.136 e. The number of benzene rings is 9. The summed E-state index contributed by atoms with van der Waals surface area (Å²) in [5.74, 6) is 1.44. The minimum absolute atomic E-state index is 0.425. The van der Waals surface area contributed by atoms with Crippen molar-refractivity contribution in [1.82, 2.24) is 4.57 Å². The van der Waals surface area contributed by atoms with E-state index in [-0.39, 0.29) is 0 Å². The smallest absolute Gasteiger partial charge is 0.136 e. The van der Waals surface area contributed by atoms with Crippen molar-refractivity contribution in [2.24, 2.45) is 16.8 Å². The zero-order chi connectivity index (χ0) is 45.1. The Labute approximate surface area is 397 Å². The highest BCUT2D eigenvalue weighted by Gasteiger charge is 2.30. The molecule has 0 saturated heterocycles. The van der Waals surface area contributed by atoms with Crippen molar-refractivity contribution in [2.45, 2.75) is 51.4 Å². The van der Waals surface area contributed by atoms with E-state index in [1.807, 2.05) is 0 Å². The lowest BCUT2D eigenvalue weighted by Crippen LogP contribution is -2.15. The van der Waals surface area contributed by atoms with Crippen LogP contribution in [0.5, 0.6) is 0 Å². The molecule has 3 nitrogen and oxygen atoms in total. The third kappa shape index (κ3) is 6.91. The molecule has 0 radical (unpaired) electrons. The average Bonchev–Trinajstić information content (AvgIpc) is 4.04. The molecule has 1 aliphatic carbocycles. The number of hydrogen-bond acceptors (Lipinski definition) is 2. The van der Waals surface area contributed by atoms with Crippen LogP contribution < -0.4 is 0 Å². The van der Waals surface area contributed by atoms with E-state index in [2.05, 4.69) is 218 Å². The number of aliphatic imine (C=N–C) groups is 1. The second-order valence-electron chi connectivity index (χ2n) is 19.3. The van der Waals surface area contributed by atoms with Gasteiger partial charge in [-0.15, -0.1) is 0 Å². The summed E-state index contributed by atoms with van der Waals surface area (Å²) in [6.45, 7) is 2.50. The quantitative estimate of drug-likeness (QED) is 0.157. The van der Waals surface area contributed by atoms with Gasteiger partial charge in [0.2, 0.25) is 0 Å². The third-order valence-electron chi connectivity index (χ3n) is 15.4. The van der Waals surface area contributed by atoms with Crippen LogP contribution in [0.1, 0.15) is 73.6 Å². The minimum atomic E-state index is 0.425. The van der Waals surface area contributed by atoms with Gasteiger partial charge < -0.3 is 8.98 Å². The maximum absolute atomic E-state index is 6.74. The normalized spacial score (nSPS) is 17.4. The van der Waals surface area contributed by atoms with Crippen LogP contribution in [-0.2, 0) is 0 Å². The molecule has 0 spiro atoms. The van der Waals surface area contributed by atoms with E-state index in [0.717, 1.165) is 70.3 Å². The summed E-state index contributed by atoms with van der Waals surface area (Å²) >= 11 is 0. The maximum atomic E-state index is 6.74. The number of nitrogens with zero attached hydrogens (tertiary/aromatic N) is 2. The second-order valence-corrected chi connectivity index (χ2v) is 19.3. The van der Waals surface area contributed by atoms with Gasteiger partial charge in [-0.25, -0.2) is 0 Å². The van der Waals surface area contributed by atoms with Gasteiger partial charge in [-0.1, -0.05) is 177 Å². The molecule has 13 rings (SSSR count). The fourth-order valence-electron chi connectivity index (χ4n) is 12.0. The highest BCUT2D eigenvalue weighted by atomic mass is 16.3. The van der Waals surface area contributed by atoms with Gasteiger partial charge in [0.05, 0.1) is 22.4 Å². The number of para-hydroxylation sites is 2. The van der Waals surface area contributed by atoms with E-state index in [4.69, 9.17) is 9.41 Å². The van der Waals surface area contributed by atoms with Crippen molar-refractivity contribution < 1.29 is 4.42 Å². The zero-order valence-corrected chi connectivity index (χ0v) is 38.4. The Morgan fingerprint density at radius 2 is 1.19 bits per heavy atom. The molecule has 2 atom stereocenters. The van der Waals surface area contributed by atoms with Crippen molar-refractivity contribution in [3.05, 3.63) is 229 Å². The van der Waals surface area contributed by atoms with Gasteiger partial charge in [-0.05, 0) is 136 Å². The molecule has 0 bridgehead atoms. The summed E-state index contributed by atoms with van der Waals surface area (Å²) in [5.41, 5.74) is 17.9. The molecule has 2 unspecified atom stereocenters. The molecule has 0 amide bonds. The van der Waals surface area contributed by atoms with Crippen LogP contribution in [0.15, 0.2) is 216 Å². The monoisotopic (exact) mass is 876 g/mol. The standard InChI is InChI=1S/C65H52N2O/c1-42-30-37-58(65-60(38-39-63-64(65)55-26-12-14-29-62(55)68-63)67-59-28-13-11-25-54(59)56-40-47-18-5-6-19-48(47)41-61(56)67)66-57(46-33-31-45(32-34-46)44-16-3-2-4-17-44)27-15-20-43(42)35-36-53-51-23-9-7-21-49(51)50-22-8-10-24-52(50)53/h2-14,16-19,21-26,28-29,31-34,37-43,53H,15,20,27,30,35-36H2,1H3/b58-37+,66-57?. The SMILES string of the molecule is CC1C/C=C(\c2c(-n3c4ccccc4c4cc5ccccc5cc43)ccc3oc4ccccc4c23)N=C(c2ccc(-c3ccccc3)cc2)CCCC1CCC1c2ccccc2-c2ccccc21. The third-order valence-corrected chi connectivity index (χ3v) is 15.4. The second kappa shape index (κ2) is 16.8. The first kappa shape index (κ1) is 40.5. The predicted octanol–water partition coefficient (Wildman–Crippen LogP) is 17.8. The number of hydrogen-bond donors (Lipinski definition) is 0. The Morgan fingerprint density at radius 1 is 0.544 bits per heavy atom. The van der Waals surface area contributed by atoms with Crippen molar-refractivity contribution >= 4 is 65.9 Å². The van der Waals surface area contributed by atoms with Crippen molar-refractivity contribution in [1.29, 1.82) is 0 Å². The van der Waals surface area contributed by atoms with Crippen LogP contribution >= 0.6 is 0 Å². The van der Waals surface area contributed by atoms with Gasteiger partial charge in [0.15, 0.2) is 0 Å². The first-order valence-corrected chi connectivity index (χ1v) is 24.6. The van der Waals surface area contributed by atoms with Gasteiger partial charge in [-0.3, -0.25) is 4.99 Å². The minimum Gasteiger partial charge on any atom is -0.456 e. The molecule has 0 saturated carbocycles. The Hall–Kier alpha value is -7.75. The lowest BCUT2D eigenvalue weighted by molar-refractivity contribution is 0.301. The summed E-state index contributed by atoms with van der Waals surface area (Å²) in [4.78, 5) is 5.94. The van der Waals surface area contributed by atoms with Crippen LogP contribution in [0.2, 0.25) is 0 Å². The number of furan rings is 1. The molecular weight excluding hydrogens is 825 g/mol. The van der Waals surface area contributed by atoms with E-state index >= 15 is 0 Å². The van der Waals surface area contributed by atoms with Crippen LogP contribution in [0.3, 0.4) is 0 Å². The van der Waals surface area contributed by atoms with Crippen molar-refractivity contribution in [3.8, 4) is 27.9 Å².